The van der Waals surface area contributed by atoms with Gasteiger partial charge in [0.15, 0.2) is 0 Å². The molecule has 0 aromatic heterocycles. The number of amides is 2. The van der Waals surface area contributed by atoms with Gasteiger partial charge in [0.1, 0.15) is 17.0 Å². The maximum absolute atomic E-state index is 13.0. The predicted octanol–water partition coefficient (Wildman–Crippen LogP) is 5.32. The van der Waals surface area contributed by atoms with E-state index in [0.29, 0.717) is 17.3 Å². The second-order valence-electron chi connectivity index (χ2n) is 8.34. The average molecular weight is 447 g/mol. The first-order valence-corrected chi connectivity index (χ1v) is 11.3. The first-order chi connectivity index (χ1) is 14.1. The van der Waals surface area contributed by atoms with Gasteiger partial charge < -0.3 is 10.1 Å². The highest BCUT2D eigenvalue weighted by atomic mass is 35.5. The summed E-state index contributed by atoms with van der Waals surface area (Å²) < 4.78 is 5.62. The second-order valence-corrected chi connectivity index (χ2v) is 9.89. The molecule has 0 radical (unpaired) electrons. The molecule has 1 aliphatic rings. The van der Waals surface area contributed by atoms with Gasteiger partial charge in [-0.25, -0.2) is 4.79 Å². The van der Waals surface area contributed by atoms with Crippen LogP contribution in [-0.4, -0.2) is 34.3 Å². The standard InChI is InChI=1S/C23H27ClN2O3S/c1-15-5-7-16(8-6-15)13-25-20(27)19-14-30-21(17-9-11-18(24)12-10-17)26(19)22(28)29-23(2,3)4/h5-12,19,21H,13-14H2,1-4H3,(H,25,27). The summed E-state index contributed by atoms with van der Waals surface area (Å²) in [4.78, 5) is 27.6. The predicted molar refractivity (Wildman–Crippen MR) is 122 cm³/mol. The molecule has 0 spiro atoms. The molecule has 2 unspecified atom stereocenters. The molecule has 1 heterocycles. The van der Waals surface area contributed by atoms with E-state index in [1.165, 1.54) is 5.56 Å². The Morgan fingerprint density at radius 3 is 2.37 bits per heavy atom. The first kappa shape index (κ1) is 22.5. The van der Waals surface area contributed by atoms with Crippen LogP contribution in [0.25, 0.3) is 0 Å². The van der Waals surface area contributed by atoms with Crippen LogP contribution in [0.1, 0.15) is 42.8 Å². The van der Waals surface area contributed by atoms with Crippen LogP contribution in [0.4, 0.5) is 4.79 Å². The van der Waals surface area contributed by atoms with E-state index in [-0.39, 0.29) is 11.3 Å². The molecule has 2 amide bonds. The van der Waals surface area contributed by atoms with Gasteiger partial charge in [-0.05, 0) is 51.0 Å². The molecule has 1 N–H and O–H groups in total. The highest BCUT2D eigenvalue weighted by Crippen LogP contribution is 2.42. The Labute approximate surface area is 187 Å². The molecule has 160 valence electrons. The molecular weight excluding hydrogens is 420 g/mol. The number of carbonyl (C=O) groups excluding carboxylic acids is 2. The Hall–Kier alpha value is -2.18. The van der Waals surface area contributed by atoms with Gasteiger partial charge in [-0.2, -0.15) is 0 Å². The Morgan fingerprint density at radius 2 is 1.77 bits per heavy atom. The lowest BCUT2D eigenvalue weighted by Crippen LogP contribution is -2.49. The summed E-state index contributed by atoms with van der Waals surface area (Å²) in [6.07, 6.45) is -0.497. The summed E-state index contributed by atoms with van der Waals surface area (Å²) >= 11 is 7.56. The Kier molecular flexibility index (Phi) is 6.98. The van der Waals surface area contributed by atoms with Gasteiger partial charge in [-0.1, -0.05) is 53.6 Å². The number of benzene rings is 2. The molecule has 0 aliphatic carbocycles. The minimum Gasteiger partial charge on any atom is -0.444 e. The number of thioether (sulfide) groups is 1. The first-order valence-electron chi connectivity index (χ1n) is 9.86. The Balaban J connectivity index is 1.78. The van der Waals surface area contributed by atoms with Crippen molar-refractivity contribution in [1.82, 2.24) is 10.2 Å². The summed E-state index contributed by atoms with van der Waals surface area (Å²) in [5, 5.41) is 3.28. The van der Waals surface area contributed by atoms with E-state index in [9.17, 15) is 9.59 Å². The van der Waals surface area contributed by atoms with E-state index in [4.69, 9.17) is 16.3 Å². The largest absolute Gasteiger partial charge is 0.444 e. The molecule has 3 rings (SSSR count). The Morgan fingerprint density at radius 1 is 1.13 bits per heavy atom. The van der Waals surface area contributed by atoms with Crippen LogP contribution in [0.3, 0.4) is 0 Å². The van der Waals surface area contributed by atoms with E-state index >= 15 is 0 Å². The van der Waals surface area contributed by atoms with Crippen LogP contribution in [0.2, 0.25) is 5.02 Å². The van der Waals surface area contributed by atoms with Crippen molar-refractivity contribution < 1.29 is 14.3 Å². The number of nitrogens with zero attached hydrogens (tertiary/aromatic N) is 1. The molecule has 0 saturated carbocycles. The van der Waals surface area contributed by atoms with Crippen LogP contribution in [0.5, 0.6) is 0 Å². The van der Waals surface area contributed by atoms with Crippen molar-refractivity contribution in [3.05, 3.63) is 70.2 Å². The van der Waals surface area contributed by atoms with Gasteiger partial charge in [-0.15, -0.1) is 11.8 Å². The summed E-state index contributed by atoms with van der Waals surface area (Å²) in [5.74, 6) is 0.303. The van der Waals surface area contributed by atoms with E-state index < -0.39 is 17.7 Å². The van der Waals surface area contributed by atoms with Gasteiger partial charge >= 0.3 is 6.09 Å². The molecule has 2 aromatic carbocycles. The minimum atomic E-state index is -0.655. The third kappa shape index (κ3) is 5.70. The quantitative estimate of drug-likeness (QED) is 0.690. The van der Waals surface area contributed by atoms with Crippen LogP contribution in [0, 0.1) is 6.92 Å². The molecule has 2 atom stereocenters. The van der Waals surface area contributed by atoms with Gasteiger partial charge in [0.05, 0.1) is 0 Å². The topological polar surface area (TPSA) is 58.6 Å². The molecule has 5 nitrogen and oxygen atoms in total. The fourth-order valence-electron chi connectivity index (χ4n) is 3.14. The maximum atomic E-state index is 13.0. The number of nitrogens with one attached hydrogen (secondary N) is 1. The van der Waals surface area contributed by atoms with Crippen LogP contribution < -0.4 is 5.32 Å². The third-order valence-electron chi connectivity index (χ3n) is 4.65. The number of halogens is 1. The monoisotopic (exact) mass is 446 g/mol. The molecule has 1 fully saturated rings. The van der Waals surface area contributed by atoms with E-state index in [1.54, 1.807) is 28.8 Å². The highest BCUT2D eigenvalue weighted by molar-refractivity contribution is 7.99. The number of carbonyl (C=O) groups is 2. The van der Waals surface area contributed by atoms with Crippen molar-refractivity contribution in [2.45, 2.75) is 51.3 Å². The number of hydrogen-bond donors (Lipinski definition) is 1. The van der Waals surface area contributed by atoms with E-state index in [2.05, 4.69) is 5.32 Å². The van der Waals surface area contributed by atoms with E-state index in [0.717, 1.165) is 11.1 Å². The summed E-state index contributed by atoms with van der Waals surface area (Å²) in [6.45, 7) is 7.88. The molecule has 0 bridgehead atoms. The summed E-state index contributed by atoms with van der Waals surface area (Å²) in [5.41, 5.74) is 2.43. The highest BCUT2D eigenvalue weighted by Gasteiger charge is 2.44. The van der Waals surface area contributed by atoms with Crippen LogP contribution >= 0.6 is 23.4 Å². The molecule has 2 aromatic rings. The number of hydrogen-bond acceptors (Lipinski definition) is 4. The zero-order valence-corrected chi connectivity index (χ0v) is 19.2. The number of ether oxygens (including phenoxy) is 1. The van der Waals surface area contributed by atoms with Gasteiger partial charge in [-0.3, -0.25) is 9.69 Å². The van der Waals surface area contributed by atoms with Gasteiger partial charge in [0, 0.05) is 17.3 Å². The van der Waals surface area contributed by atoms with E-state index in [1.807, 2.05) is 64.1 Å². The summed E-state index contributed by atoms with van der Waals surface area (Å²) in [6, 6.07) is 14.7. The van der Waals surface area contributed by atoms with Crippen LogP contribution in [-0.2, 0) is 16.1 Å². The van der Waals surface area contributed by atoms with Crippen molar-refractivity contribution in [3.8, 4) is 0 Å². The van der Waals surface area contributed by atoms with Gasteiger partial charge in [0.25, 0.3) is 0 Å². The van der Waals surface area contributed by atoms with Crippen LogP contribution in [0.15, 0.2) is 48.5 Å². The minimum absolute atomic E-state index is 0.189. The lowest BCUT2D eigenvalue weighted by Gasteiger charge is -2.31. The lowest BCUT2D eigenvalue weighted by molar-refractivity contribution is -0.125. The molecule has 1 aliphatic heterocycles. The van der Waals surface area contributed by atoms with Crippen molar-refractivity contribution in [1.29, 1.82) is 0 Å². The fraction of sp³-hybridized carbons (Fsp3) is 0.391. The number of aryl methyl sites for hydroxylation is 1. The Bertz CT molecular complexity index is 894. The molecule has 1 saturated heterocycles. The SMILES string of the molecule is Cc1ccc(CNC(=O)C2CSC(c3ccc(Cl)cc3)N2C(=O)OC(C)(C)C)cc1. The van der Waals surface area contributed by atoms with Crippen molar-refractivity contribution in [2.24, 2.45) is 0 Å². The molecule has 30 heavy (non-hydrogen) atoms. The zero-order chi connectivity index (χ0) is 21.9. The summed E-state index contributed by atoms with van der Waals surface area (Å²) in [7, 11) is 0. The van der Waals surface area contributed by atoms with Crippen molar-refractivity contribution >= 4 is 35.4 Å². The normalized spacial score (nSPS) is 18.9. The molecule has 7 heteroatoms. The number of rotatable bonds is 4. The fourth-order valence-corrected chi connectivity index (χ4v) is 4.69. The van der Waals surface area contributed by atoms with Gasteiger partial charge in [0.2, 0.25) is 5.91 Å². The smallest absolute Gasteiger partial charge is 0.412 e. The third-order valence-corrected chi connectivity index (χ3v) is 6.23. The lowest BCUT2D eigenvalue weighted by atomic mass is 10.1. The van der Waals surface area contributed by atoms with Crippen molar-refractivity contribution in [2.75, 3.05) is 5.75 Å². The zero-order valence-electron chi connectivity index (χ0n) is 17.6. The maximum Gasteiger partial charge on any atom is 0.412 e. The molecular formula is C23H27ClN2O3S. The average Bonchev–Trinajstić information content (AvgIpc) is 3.12. The van der Waals surface area contributed by atoms with Crippen molar-refractivity contribution in [3.63, 3.8) is 0 Å². The second kappa shape index (κ2) is 9.31.